The van der Waals surface area contributed by atoms with Crippen molar-refractivity contribution in [1.29, 1.82) is 0 Å². The van der Waals surface area contributed by atoms with Crippen molar-refractivity contribution >= 4 is 24.0 Å². The second-order valence-corrected chi connectivity index (χ2v) is 3.40. The fourth-order valence-corrected chi connectivity index (χ4v) is 1.53. The molecule has 0 aliphatic carbocycles. The standard InChI is InChI=1S/C5H7NS2/c6-3-4-1-2-5(7)8-4/h1-2,7H,3,6H2. The minimum atomic E-state index is 0.630. The monoisotopic (exact) mass is 145 g/mol. The van der Waals surface area contributed by atoms with Crippen LogP contribution in [-0.2, 0) is 6.54 Å². The first-order valence-electron chi connectivity index (χ1n) is 2.30. The number of thiol groups is 1. The van der Waals surface area contributed by atoms with Gasteiger partial charge in [0, 0.05) is 11.4 Å². The Kier molecular flexibility index (Phi) is 1.94. The molecule has 0 radical (unpaired) electrons. The molecule has 0 bridgehead atoms. The Labute approximate surface area is 57.9 Å². The first kappa shape index (κ1) is 6.13. The Morgan fingerprint density at radius 2 is 2.38 bits per heavy atom. The third kappa shape index (κ3) is 1.24. The molecule has 1 rings (SSSR count). The molecule has 1 heterocycles. The summed E-state index contributed by atoms with van der Waals surface area (Å²) >= 11 is 5.75. The fraction of sp³-hybridized carbons (Fsp3) is 0.200. The Bertz CT molecular complexity index is 171. The number of nitrogens with two attached hydrogens (primary N) is 1. The van der Waals surface area contributed by atoms with E-state index in [9.17, 15) is 0 Å². The summed E-state index contributed by atoms with van der Waals surface area (Å²) in [4.78, 5) is 1.19. The molecule has 8 heavy (non-hydrogen) atoms. The van der Waals surface area contributed by atoms with Gasteiger partial charge >= 0.3 is 0 Å². The van der Waals surface area contributed by atoms with E-state index < -0.39 is 0 Å². The highest BCUT2D eigenvalue weighted by atomic mass is 32.2. The minimum Gasteiger partial charge on any atom is -0.326 e. The van der Waals surface area contributed by atoms with Crippen molar-refractivity contribution in [3.8, 4) is 0 Å². The van der Waals surface area contributed by atoms with E-state index in [4.69, 9.17) is 5.73 Å². The van der Waals surface area contributed by atoms with Crippen LogP contribution >= 0.6 is 24.0 Å². The molecule has 0 fully saturated rings. The highest BCUT2D eigenvalue weighted by Gasteiger charge is 1.90. The quantitative estimate of drug-likeness (QED) is 0.575. The van der Waals surface area contributed by atoms with Crippen LogP contribution in [0.15, 0.2) is 16.3 Å². The van der Waals surface area contributed by atoms with Gasteiger partial charge in [-0.2, -0.15) is 0 Å². The van der Waals surface area contributed by atoms with Gasteiger partial charge in [-0.25, -0.2) is 0 Å². The lowest BCUT2D eigenvalue weighted by Crippen LogP contribution is -1.90. The summed E-state index contributed by atoms with van der Waals surface area (Å²) in [5.74, 6) is 0. The molecule has 0 atom stereocenters. The van der Waals surface area contributed by atoms with E-state index in [0.29, 0.717) is 6.54 Å². The lowest BCUT2D eigenvalue weighted by Gasteiger charge is -1.80. The van der Waals surface area contributed by atoms with Crippen LogP contribution in [0.5, 0.6) is 0 Å². The molecule has 3 heteroatoms. The van der Waals surface area contributed by atoms with Crippen molar-refractivity contribution in [2.24, 2.45) is 5.73 Å². The average Bonchev–Trinajstić information content (AvgIpc) is 2.14. The minimum absolute atomic E-state index is 0.630. The average molecular weight is 145 g/mol. The van der Waals surface area contributed by atoms with E-state index in [1.54, 1.807) is 11.3 Å². The fourth-order valence-electron chi connectivity index (χ4n) is 0.476. The van der Waals surface area contributed by atoms with Crippen LogP contribution in [0.25, 0.3) is 0 Å². The Hall–Kier alpha value is 0.01000. The molecular formula is C5H7NS2. The zero-order chi connectivity index (χ0) is 5.98. The number of thiophene rings is 1. The molecule has 0 aliphatic rings. The van der Waals surface area contributed by atoms with E-state index in [1.807, 2.05) is 12.1 Å². The predicted molar refractivity (Wildman–Crippen MR) is 39.5 cm³/mol. The van der Waals surface area contributed by atoms with E-state index in [0.717, 1.165) is 4.21 Å². The molecule has 0 aliphatic heterocycles. The maximum atomic E-state index is 5.34. The highest BCUT2D eigenvalue weighted by Crippen LogP contribution is 2.18. The molecule has 0 amide bonds. The third-order valence-electron chi connectivity index (χ3n) is 0.849. The van der Waals surface area contributed by atoms with Crippen molar-refractivity contribution in [3.05, 3.63) is 17.0 Å². The molecule has 1 nitrogen and oxygen atoms in total. The second-order valence-electron chi connectivity index (χ2n) is 1.44. The molecule has 1 aromatic heterocycles. The van der Waals surface area contributed by atoms with Gasteiger partial charge < -0.3 is 5.73 Å². The summed E-state index contributed by atoms with van der Waals surface area (Å²) in [7, 11) is 0. The van der Waals surface area contributed by atoms with Crippen LogP contribution in [0.2, 0.25) is 0 Å². The van der Waals surface area contributed by atoms with Gasteiger partial charge in [-0.05, 0) is 12.1 Å². The van der Waals surface area contributed by atoms with Crippen LogP contribution in [0.4, 0.5) is 0 Å². The third-order valence-corrected chi connectivity index (χ3v) is 2.18. The Morgan fingerprint density at radius 1 is 1.62 bits per heavy atom. The summed E-state index contributed by atoms with van der Waals surface area (Å²) in [5, 5.41) is 0. The summed E-state index contributed by atoms with van der Waals surface area (Å²) in [6.07, 6.45) is 0. The zero-order valence-electron chi connectivity index (χ0n) is 4.29. The number of hydrogen-bond donors (Lipinski definition) is 2. The first-order chi connectivity index (χ1) is 3.83. The van der Waals surface area contributed by atoms with Crippen LogP contribution < -0.4 is 5.73 Å². The van der Waals surface area contributed by atoms with Gasteiger partial charge in [-0.15, -0.1) is 24.0 Å². The summed E-state index contributed by atoms with van der Waals surface area (Å²) in [5.41, 5.74) is 5.34. The van der Waals surface area contributed by atoms with Crippen LogP contribution in [0.3, 0.4) is 0 Å². The summed E-state index contributed by atoms with van der Waals surface area (Å²) in [6.45, 7) is 0.630. The summed E-state index contributed by atoms with van der Waals surface area (Å²) in [6, 6.07) is 3.95. The van der Waals surface area contributed by atoms with Crippen LogP contribution in [-0.4, -0.2) is 0 Å². The Morgan fingerprint density at radius 3 is 2.62 bits per heavy atom. The molecule has 0 spiro atoms. The van der Waals surface area contributed by atoms with Crippen molar-refractivity contribution in [1.82, 2.24) is 0 Å². The van der Waals surface area contributed by atoms with Crippen molar-refractivity contribution in [3.63, 3.8) is 0 Å². The number of rotatable bonds is 1. The Balaban J connectivity index is 2.84. The van der Waals surface area contributed by atoms with Crippen molar-refractivity contribution < 1.29 is 0 Å². The van der Waals surface area contributed by atoms with E-state index in [1.165, 1.54) is 4.88 Å². The van der Waals surface area contributed by atoms with Crippen molar-refractivity contribution in [2.75, 3.05) is 0 Å². The lowest BCUT2D eigenvalue weighted by molar-refractivity contribution is 1.11. The SMILES string of the molecule is NCc1ccc(S)s1. The molecule has 0 saturated carbocycles. The molecule has 44 valence electrons. The molecule has 0 unspecified atom stereocenters. The largest absolute Gasteiger partial charge is 0.326 e. The van der Waals surface area contributed by atoms with Gasteiger partial charge in [-0.3, -0.25) is 0 Å². The van der Waals surface area contributed by atoms with E-state index in [2.05, 4.69) is 12.6 Å². The topological polar surface area (TPSA) is 26.0 Å². The highest BCUT2D eigenvalue weighted by molar-refractivity contribution is 7.82. The van der Waals surface area contributed by atoms with Gasteiger partial charge in [0.1, 0.15) is 0 Å². The smallest absolute Gasteiger partial charge is 0.0571 e. The molecule has 1 aromatic rings. The molecule has 0 saturated heterocycles. The maximum Gasteiger partial charge on any atom is 0.0571 e. The zero-order valence-corrected chi connectivity index (χ0v) is 6.01. The first-order valence-corrected chi connectivity index (χ1v) is 3.57. The lowest BCUT2D eigenvalue weighted by atomic mass is 10.5. The predicted octanol–water partition coefficient (Wildman–Crippen LogP) is 1.50. The maximum absolute atomic E-state index is 5.34. The molecular weight excluding hydrogens is 138 g/mol. The van der Waals surface area contributed by atoms with Gasteiger partial charge in [0.2, 0.25) is 0 Å². The summed E-state index contributed by atoms with van der Waals surface area (Å²) < 4.78 is 1.03. The van der Waals surface area contributed by atoms with Gasteiger partial charge in [0.05, 0.1) is 4.21 Å². The molecule has 2 N–H and O–H groups in total. The number of hydrogen-bond acceptors (Lipinski definition) is 3. The second kappa shape index (κ2) is 2.53. The normalized spacial score (nSPS) is 9.75. The van der Waals surface area contributed by atoms with Gasteiger partial charge in [0.25, 0.3) is 0 Å². The van der Waals surface area contributed by atoms with Crippen molar-refractivity contribution in [2.45, 2.75) is 10.8 Å². The van der Waals surface area contributed by atoms with Crippen LogP contribution in [0, 0.1) is 0 Å². The van der Waals surface area contributed by atoms with Gasteiger partial charge in [-0.1, -0.05) is 0 Å². The molecule has 0 aromatic carbocycles. The van der Waals surface area contributed by atoms with Gasteiger partial charge in [0.15, 0.2) is 0 Å². The van der Waals surface area contributed by atoms with E-state index in [-0.39, 0.29) is 0 Å². The van der Waals surface area contributed by atoms with Crippen LogP contribution in [0.1, 0.15) is 4.88 Å². The van der Waals surface area contributed by atoms with E-state index >= 15 is 0 Å².